The summed E-state index contributed by atoms with van der Waals surface area (Å²) in [6.45, 7) is 1.11. The van der Waals surface area contributed by atoms with Gasteiger partial charge in [-0.1, -0.05) is 0 Å². The summed E-state index contributed by atoms with van der Waals surface area (Å²) in [5, 5.41) is 0. The van der Waals surface area contributed by atoms with Gasteiger partial charge in [-0.15, -0.1) is 0 Å². The molecule has 8 heteroatoms. The van der Waals surface area contributed by atoms with Crippen LogP contribution in [0.2, 0.25) is 0 Å². The summed E-state index contributed by atoms with van der Waals surface area (Å²) in [5.41, 5.74) is 5.28. The fourth-order valence-corrected chi connectivity index (χ4v) is 1.12. The molecule has 0 saturated carbocycles. The van der Waals surface area contributed by atoms with E-state index in [-0.39, 0.29) is 39.6 Å². The quantitative estimate of drug-likeness (QED) is 0.345. The van der Waals surface area contributed by atoms with Gasteiger partial charge in [-0.25, -0.2) is 0 Å². The van der Waals surface area contributed by atoms with Gasteiger partial charge < -0.3 is 34.2 Å². The molecule has 2 N–H and O–H groups in total. The molecule has 0 aromatic carbocycles. The van der Waals surface area contributed by atoms with Crippen LogP contribution in [0.5, 0.6) is 0 Å². The zero-order chi connectivity index (χ0) is 14.6. The first kappa shape index (κ1) is 18.2. The molecular weight excluding hydrogens is 258 g/mol. The highest BCUT2D eigenvalue weighted by atomic mass is 16.9. The van der Waals surface area contributed by atoms with E-state index in [1.165, 1.54) is 21.3 Å². The van der Waals surface area contributed by atoms with Crippen molar-refractivity contribution in [3.8, 4) is 0 Å². The second-order valence-electron chi connectivity index (χ2n) is 3.44. The average molecular weight is 281 g/mol. The van der Waals surface area contributed by atoms with Gasteiger partial charge in [-0.2, -0.15) is 0 Å². The zero-order valence-corrected chi connectivity index (χ0v) is 11.7. The van der Waals surface area contributed by atoms with Crippen molar-refractivity contribution in [1.29, 1.82) is 0 Å². The predicted molar refractivity (Wildman–Crippen MR) is 65.4 cm³/mol. The maximum Gasteiger partial charge on any atom is 0.367 e. The lowest BCUT2D eigenvalue weighted by Crippen LogP contribution is -2.52. The Kier molecular flexibility index (Phi) is 10.6. The number of carbonyl (C=O) groups excluding carboxylic acids is 1. The van der Waals surface area contributed by atoms with Crippen LogP contribution >= 0.6 is 0 Å². The van der Waals surface area contributed by atoms with Gasteiger partial charge in [-0.3, -0.25) is 4.79 Å². The van der Waals surface area contributed by atoms with Crippen LogP contribution in [0.1, 0.15) is 0 Å². The van der Waals surface area contributed by atoms with Gasteiger partial charge in [-0.05, 0) is 0 Å². The van der Waals surface area contributed by atoms with Crippen LogP contribution in [0.3, 0.4) is 0 Å². The minimum Gasteiger partial charge on any atom is -0.382 e. The number of amides is 1. The Hall–Kier alpha value is -0.770. The van der Waals surface area contributed by atoms with E-state index in [1.807, 2.05) is 0 Å². The SMILES string of the molecule is COCCOC(OCCOC)(OCCOC)C(N)=O. The molecule has 0 heterocycles. The van der Waals surface area contributed by atoms with Crippen molar-refractivity contribution in [2.75, 3.05) is 61.0 Å². The van der Waals surface area contributed by atoms with Gasteiger partial charge in [0.05, 0.1) is 39.6 Å². The standard InChI is InChI=1S/C11H23NO7/c1-14-4-7-17-11(10(12)13,18-8-5-15-2)19-9-6-16-3/h4-9H2,1-3H3,(H2,12,13). The molecule has 1 amide bonds. The Balaban J connectivity index is 4.53. The topological polar surface area (TPSA) is 98.5 Å². The lowest BCUT2D eigenvalue weighted by molar-refractivity contribution is -0.357. The molecule has 0 aromatic heterocycles. The van der Waals surface area contributed by atoms with Crippen molar-refractivity contribution in [3.05, 3.63) is 0 Å². The number of primary amides is 1. The number of methoxy groups -OCH3 is 3. The molecule has 0 saturated heterocycles. The zero-order valence-electron chi connectivity index (χ0n) is 11.7. The average Bonchev–Trinajstić information content (AvgIpc) is 2.38. The summed E-state index contributed by atoms with van der Waals surface area (Å²) in [6, 6.07) is 0. The van der Waals surface area contributed by atoms with Crippen LogP contribution in [-0.2, 0) is 33.2 Å². The Morgan fingerprint density at radius 2 is 1.11 bits per heavy atom. The second-order valence-corrected chi connectivity index (χ2v) is 3.44. The first-order valence-electron chi connectivity index (χ1n) is 5.81. The van der Waals surface area contributed by atoms with Gasteiger partial charge in [0.2, 0.25) is 0 Å². The van der Waals surface area contributed by atoms with Gasteiger partial charge >= 0.3 is 11.9 Å². The van der Waals surface area contributed by atoms with E-state index in [9.17, 15) is 4.79 Å². The van der Waals surface area contributed by atoms with Crippen molar-refractivity contribution in [2.45, 2.75) is 5.97 Å². The van der Waals surface area contributed by atoms with Crippen molar-refractivity contribution in [3.63, 3.8) is 0 Å². The van der Waals surface area contributed by atoms with Crippen LogP contribution in [0.15, 0.2) is 0 Å². The lowest BCUT2D eigenvalue weighted by atomic mass is 10.5. The molecule has 0 rings (SSSR count). The number of ether oxygens (including phenoxy) is 6. The maximum atomic E-state index is 11.5. The van der Waals surface area contributed by atoms with Crippen molar-refractivity contribution in [1.82, 2.24) is 0 Å². The smallest absolute Gasteiger partial charge is 0.367 e. The fourth-order valence-electron chi connectivity index (χ4n) is 1.12. The number of rotatable bonds is 13. The molecule has 0 aromatic rings. The molecule has 0 spiro atoms. The number of nitrogens with two attached hydrogens (primary N) is 1. The monoisotopic (exact) mass is 281 g/mol. The Labute approximate surface area is 113 Å². The first-order chi connectivity index (χ1) is 9.13. The molecular formula is C11H23NO7. The van der Waals surface area contributed by atoms with Crippen molar-refractivity contribution >= 4 is 5.91 Å². The van der Waals surface area contributed by atoms with Gasteiger partial charge in [0.1, 0.15) is 0 Å². The van der Waals surface area contributed by atoms with E-state index in [4.69, 9.17) is 34.2 Å². The second kappa shape index (κ2) is 11.1. The van der Waals surface area contributed by atoms with E-state index >= 15 is 0 Å². The van der Waals surface area contributed by atoms with E-state index in [2.05, 4.69) is 0 Å². The molecule has 8 nitrogen and oxygen atoms in total. The minimum absolute atomic E-state index is 0.0966. The molecule has 0 unspecified atom stereocenters. The molecule has 0 atom stereocenters. The van der Waals surface area contributed by atoms with E-state index in [1.54, 1.807) is 0 Å². The van der Waals surface area contributed by atoms with Crippen LogP contribution in [0, 0.1) is 0 Å². The fraction of sp³-hybridized carbons (Fsp3) is 0.909. The molecule has 0 aliphatic carbocycles. The van der Waals surface area contributed by atoms with Crippen LogP contribution < -0.4 is 5.73 Å². The van der Waals surface area contributed by atoms with Crippen molar-refractivity contribution in [2.24, 2.45) is 5.73 Å². The summed E-state index contributed by atoms with van der Waals surface area (Å²) >= 11 is 0. The van der Waals surface area contributed by atoms with E-state index in [0.717, 1.165) is 0 Å². The predicted octanol–water partition coefficient (Wildman–Crippen LogP) is -0.885. The summed E-state index contributed by atoms with van der Waals surface area (Å²) in [5.74, 6) is -2.83. The molecule has 114 valence electrons. The van der Waals surface area contributed by atoms with E-state index < -0.39 is 11.9 Å². The summed E-state index contributed by atoms with van der Waals surface area (Å²) in [7, 11) is 4.52. The molecule has 0 bridgehead atoms. The Bertz CT molecular complexity index is 211. The van der Waals surface area contributed by atoms with E-state index in [0.29, 0.717) is 0 Å². The molecule has 19 heavy (non-hydrogen) atoms. The largest absolute Gasteiger partial charge is 0.382 e. The van der Waals surface area contributed by atoms with Gasteiger partial charge in [0.15, 0.2) is 0 Å². The highest BCUT2D eigenvalue weighted by Crippen LogP contribution is 2.15. The number of hydrogen-bond donors (Lipinski definition) is 1. The highest BCUT2D eigenvalue weighted by Gasteiger charge is 2.41. The van der Waals surface area contributed by atoms with Crippen molar-refractivity contribution < 1.29 is 33.2 Å². The Morgan fingerprint density at radius 3 is 1.32 bits per heavy atom. The first-order valence-corrected chi connectivity index (χ1v) is 5.81. The third-order valence-corrected chi connectivity index (χ3v) is 2.04. The molecule has 0 radical (unpaired) electrons. The highest BCUT2D eigenvalue weighted by molar-refractivity contribution is 5.80. The van der Waals surface area contributed by atoms with Crippen LogP contribution in [0.4, 0.5) is 0 Å². The molecule has 0 fully saturated rings. The van der Waals surface area contributed by atoms with Crippen LogP contribution in [-0.4, -0.2) is 72.9 Å². The third-order valence-electron chi connectivity index (χ3n) is 2.04. The molecule has 0 aliphatic rings. The van der Waals surface area contributed by atoms with Gasteiger partial charge in [0.25, 0.3) is 0 Å². The summed E-state index contributed by atoms with van der Waals surface area (Å²) in [6.07, 6.45) is 0. The molecule has 0 aliphatic heterocycles. The summed E-state index contributed by atoms with van der Waals surface area (Å²) in [4.78, 5) is 11.5. The third kappa shape index (κ3) is 7.41. The summed E-state index contributed by atoms with van der Waals surface area (Å²) < 4.78 is 30.3. The lowest BCUT2D eigenvalue weighted by Gasteiger charge is -2.29. The minimum atomic E-state index is -1.95. The van der Waals surface area contributed by atoms with Crippen LogP contribution in [0.25, 0.3) is 0 Å². The number of carbonyl (C=O) groups is 1. The maximum absolute atomic E-state index is 11.5. The Morgan fingerprint density at radius 1 is 0.789 bits per heavy atom. The normalized spacial score (nSPS) is 11.7. The number of hydrogen-bond acceptors (Lipinski definition) is 7. The van der Waals surface area contributed by atoms with Gasteiger partial charge in [0, 0.05) is 21.3 Å².